The molecule has 4 nitrogen and oxygen atoms in total. The molecule has 1 fully saturated rings. The van der Waals surface area contributed by atoms with Gasteiger partial charge in [0.15, 0.2) is 6.29 Å². The Hall–Kier alpha value is -0.870. The van der Waals surface area contributed by atoms with Gasteiger partial charge >= 0.3 is 0 Å². The molecule has 1 aliphatic rings. The van der Waals surface area contributed by atoms with Crippen molar-refractivity contribution < 1.29 is 9.47 Å². The standard InChI is InChI=1S/C10H16N2O2/c1-8(2)9-5-11-12(6-9)7-10-13-3-4-14-10/h5-6,8,10H,3-4,7H2,1-2H3. The fourth-order valence-corrected chi connectivity index (χ4v) is 1.44. The van der Waals surface area contributed by atoms with Crippen LogP contribution in [-0.4, -0.2) is 29.3 Å². The number of aromatic nitrogens is 2. The van der Waals surface area contributed by atoms with E-state index >= 15 is 0 Å². The summed E-state index contributed by atoms with van der Waals surface area (Å²) in [7, 11) is 0. The van der Waals surface area contributed by atoms with Crippen molar-refractivity contribution in [3.05, 3.63) is 18.0 Å². The smallest absolute Gasteiger partial charge is 0.177 e. The van der Waals surface area contributed by atoms with Crippen molar-refractivity contribution in [2.45, 2.75) is 32.6 Å². The average molecular weight is 196 g/mol. The van der Waals surface area contributed by atoms with E-state index in [-0.39, 0.29) is 6.29 Å². The lowest BCUT2D eigenvalue weighted by Gasteiger charge is -2.08. The highest BCUT2D eigenvalue weighted by molar-refractivity contribution is 5.08. The lowest BCUT2D eigenvalue weighted by Crippen LogP contribution is -2.17. The van der Waals surface area contributed by atoms with Gasteiger partial charge in [-0.1, -0.05) is 13.8 Å². The Morgan fingerprint density at radius 3 is 2.79 bits per heavy atom. The second-order valence-electron chi connectivity index (χ2n) is 3.82. The summed E-state index contributed by atoms with van der Waals surface area (Å²) in [5.74, 6) is 0.522. The van der Waals surface area contributed by atoms with Crippen molar-refractivity contribution in [1.82, 2.24) is 9.78 Å². The van der Waals surface area contributed by atoms with Gasteiger partial charge < -0.3 is 9.47 Å². The minimum absolute atomic E-state index is 0.116. The Kier molecular flexibility index (Phi) is 2.84. The molecule has 0 bridgehead atoms. The molecule has 1 aromatic heterocycles. The van der Waals surface area contributed by atoms with Gasteiger partial charge in [0.1, 0.15) is 0 Å². The lowest BCUT2D eigenvalue weighted by atomic mass is 10.1. The van der Waals surface area contributed by atoms with Crippen molar-refractivity contribution in [3.8, 4) is 0 Å². The molecule has 4 heteroatoms. The molecule has 0 spiro atoms. The number of hydrogen-bond donors (Lipinski definition) is 0. The van der Waals surface area contributed by atoms with Gasteiger partial charge in [0.2, 0.25) is 0 Å². The van der Waals surface area contributed by atoms with E-state index in [2.05, 4.69) is 25.1 Å². The minimum Gasteiger partial charge on any atom is -0.348 e. The molecule has 0 unspecified atom stereocenters. The second kappa shape index (κ2) is 4.11. The summed E-state index contributed by atoms with van der Waals surface area (Å²) in [5, 5.41) is 4.26. The van der Waals surface area contributed by atoms with Gasteiger partial charge in [-0.05, 0) is 11.5 Å². The van der Waals surface area contributed by atoms with Gasteiger partial charge in [0, 0.05) is 6.20 Å². The predicted molar refractivity (Wildman–Crippen MR) is 52.0 cm³/mol. The summed E-state index contributed by atoms with van der Waals surface area (Å²) in [4.78, 5) is 0. The van der Waals surface area contributed by atoms with E-state index in [0.717, 1.165) is 0 Å². The maximum Gasteiger partial charge on any atom is 0.177 e. The highest BCUT2D eigenvalue weighted by Crippen LogP contribution is 2.13. The summed E-state index contributed by atoms with van der Waals surface area (Å²) in [6.07, 6.45) is 3.84. The van der Waals surface area contributed by atoms with Gasteiger partial charge in [-0.25, -0.2) is 0 Å². The molecule has 0 aliphatic carbocycles. The van der Waals surface area contributed by atoms with Gasteiger partial charge in [-0.3, -0.25) is 4.68 Å². The number of ether oxygens (including phenoxy) is 2. The first-order chi connectivity index (χ1) is 6.75. The zero-order chi connectivity index (χ0) is 9.97. The molecule has 2 rings (SSSR count). The van der Waals surface area contributed by atoms with Crippen molar-refractivity contribution in [2.75, 3.05) is 13.2 Å². The van der Waals surface area contributed by atoms with Crippen LogP contribution >= 0.6 is 0 Å². The molecule has 2 heterocycles. The molecule has 0 aromatic carbocycles. The third-order valence-electron chi connectivity index (χ3n) is 2.35. The predicted octanol–water partition coefficient (Wildman–Crippen LogP) is 1.38. The highest BCUT2D eigenvalue weighted by Gasteiger charge is 2.16. The first-order valence-corrected chi connectivity index (χ1v) is 5.01. The first kappa shape index (κ1) is 9.68. The number of rotatable bonds is 3. The molecule has 14 heavy (non-hydrogen) atoms. The van der Waals surface area contributed by atoms with Crippen LogP contribution in [-0.2, 0) is 16.0 Å². The minimum atomic E-state index is -0.116. The van der Waals surface area contributed by atoms with Crippen molar-refractivity contribution in [2.24, 2.45) is 0 Å². The largest absolute Gasteiger partial charge is 0.348 e. The fourth-order valence-electron chi connectivity index (χ4n) is 1.44. The molecule has 78 valence electrons. The van der Waals surface area contributed by atoms with Gasteiger partial charge in [-0.2, -0.15) is 5.10 Å². The maximum atomic E-state index is 5.34. The van der Waals surface area contributed by atoms with Crippen LogP contribution in [0.4, 0.5) is 0 Å². The molecular weight excluding hydrogens is 180 g/mol. The monoisotopic (exact) mass is 196 g/mol. The van der Waals surface area contributed by atoms with Gasteiger partial charge in [-0.15, -0.1) is 0 Å². The summed E-state index contributed by atoms with van der Waals surface area (Å²) in [6, 6.07) is 0. The summed E-state index contributed by atoms with van der Waals surface area (Å²) >= 11 is 0. The van der Waals surface area contributed by atoms with Crippen LogP contribution in [0.3, 0.4) is 0 Å². The fraction of sp³-hybridized carbons (Fsp3) is 0.700. The van der Waals surface area contributed by atoms with E-state index in [1.54, 1.807) is 0 Å². The van der Waals surface area contributed by atoms with Crippen molar-refractivity contribution in [3.63, 3.8) is 0 Å². The quantitative estimate of drug-likeness (QED) is 0.732. The van der Waals surface area contributed by atoms with E-state index in [9.17, 15) is 0 Å². The molecule has 1 aliphatic heterocycles. The number of hydrogen-bond acceptors (Lipinski definition) is 3. The Bertz CT molecular complexity index is 290. The SMILES string of the molecule is CC(C)c1cnn(CC2OCCO2)c1. The summed E-state index contributed by atoms with van der Waals surface area (Å²) < 4.78 is 12.6. The molecule has 0 atom stereocenters. The second-order valence-corrected chi connectivity index (χ2v) is 3.82. The molecule has 0 radical (unpaired) electrons. The van der Waals surface area contributed by atoms with E-state index in [1.807, 2.05) is 10.9 Å². The number of nitrogens with zero attached hydrogens (tertiary/aromatic N) is 2. The summed E-state index contributed by atoms with van der Waals surface area (Å²) in [5.41, 5.74) is 1.25. The van der Waals surface area contributed by atoms with Gasteiger partial charge in [0.05, 0.1) is 26.0 Å². The molecule has 0 saturated carbocycles. The Morgan fingerprint density at radius 2 is 2.21 bits per heavy atom. The molecule has 1 saturated heterocycles. The Labute approximate surface area is 83.8 Å². The van der Waals surface area contributed by atoms with Crippen LogP contribution in [0.25, 0.3) is 0 Å². The average Bonchev–Trinajstić information content (AvgIpc) is 2.75. The molecular formula is C10H16N2O2. The van der Waals surface area contributed by atoms with Crippen LogP contribution in [0.5, 0.6) is 0 Å². The van der Waals surface area contributed by atoms with E-state index in [0.29, 0.717) is 25.7 Å². The lowest BCUT2D eigenvalue weighted by molar-refractivity contribution is -0.0545. The first-order valence-electron chi connectivity index (χ1n) is 5.01. The van der Waals surface area contributed by atoms with Crippen LogP contribution < -0.4 is 0 Å². The summed E-state index contributed by atoms with van der Waals surface area (Å²) in [6.45, 7) is 6.40. The highest BCUT2D eigenvalue weighted by atomic mass is 16.7. The third-order valence-corrected chi connectivity index (χ3v) is 2.35. The molecule has 0 amide bonds. The zero-order valence-corrected chi connectivity index (χ0v) is 8.64. The van der Waals surface area contributed by atoms with Crippen LogP contribution in [0.15, 0.2) is 12.4 Å². The molecule has 0 N–H and O–H groups in total. The van der Waals surface area contributed by atoms with Crippen molar-refractivity contribution in [1.29, 1.82) is 0 Å². The third kappa shape index (κ3) is 2.13. The Morgan fingerprint density at radius 1 is 1.50 bits per heavy atom. The van der Waals surface area contributed by atoms with E-state index < -0.39 is 0 Å². The van der Waals surface area contributed by atoms with E-state index in [4.69, 9.17) is 9.47 Å². The normalized spacial score (nSPS) is 18.2. The van der Waals surface area contributed by atoms with E-state index in [1.165, 1.54) is 5.56 Å². The Balaban J connectivity index is 1.95. The van der Waals surface area contributed by atoms with Crippen LogP contribution in [0.2, 0.25) is 0 Å². The maximum absolute atomic E-state index is 5.34. The van der Waals surface area contributed by atoms with Crippen molar-refractivity contribution >= 4 is 0 Å². The van der Waals surface area contributed by atoms with Crippen LogP contribution in [0.1, 0.15) is 25.3 Å². The topological polar surface area (TPSA) is 36.3 Å². The van der Waals surface area contributed by atoms with Crippen LogP contribution in [0, 0.1) is 0 Å². The van der Waals surface area contributed by atoms with Gasteiger partial charge in [0.25, 0.3) is 0 Å². The molecule has 1 aromatic rings. The zero-order valence-electron chi connectivity index (χ0n) is 8.64.